The minimum absolute atomic E-state index is 0.0449. The van der Waals surface area contributed by atoms with Gasteiger partial charge in [0, 0.05) is 47.4 Å². The second-order valence-electron chi connectivity index (χ2n) is 8.10. The van der Waals surface area contributed by atoms with Gasteiger partial charge in [-0.1, -0.05) is 0 Å². The van der Waals surface area contributed by atoms with Crippen LogP contribution in [0.25, 0.3) is 21.9 Å². The molecule has 0 aliphatic heterocycles. The number of fused-ring (bicyclic) bond motifs is 4. The zero-order valence-electron chi connectivity index (χ0n) is 17.5. The molecule has 30 heavy (non-hydrogen) atoms. The van der Waals surface area contributed by atoms with Crippen molar-refractivity contribution < 1.29 is 23.5 Å². The lowest BCUT2D eigenvalue weighted by molar-refractivity contribution is -0.143. The molecule has 7 nitrogen and oxygen atoms in total. The molecule has 1 aromatic carbocycles. The van der Waals surface area contributed by atoms with Crippen molar-refractivity contribution in [1.82, 2.24) is 4.90 Å². The summed E-state index contributed by atoms with van der Waals surface area (Å²) in [6.45, 7) is 3.41. The predicted molar refractivity (Wildman–Crippen MR) is 112 cm³/mol. The highest BCUT2D eigenvalue weighted by Crippen LogP contribution is 2.37. The number of furan rings is 1. The van der Waals surface area contributed by atoms with Gasteiger partial charge in [0.1, 0.15) is 23.5 Å². The van der Waals surface area contributed by atoms with Crippen LogP contribution in [0.3, 0.4) is 0 Å². The van der Waals surface area contributed by atoms with Gasteiger partial charge in [-0.3, -0.25) is 9.59 Å². The van der Waals surface area contributed by atoms with Crippen LogP contribution in [0.4, 0.5) is 0 Å². The van der Waals surface area contributed by atoms with E-state index in [4.69, 9.17) is 13.9 Å². The fourth-order valence-corrected chi connectivity index (χ4v) is 4.42. The Hall–Kier alpha value is -3.09. The SMILES string of the molecule is Cc1c(CCC(=O)N(C)CC(=O)O)c(=O)oc2c(C)c3oc4c(c3cc12)CCCC4. The van der Waals surface area contributed by atoms with E-state index in [1.165, 1.54) is 12.6 Å². The maximum absolute atomic E-state index is 12.7. The van der Waals surface area contributed by atoms with E-state index in [9.17, 15) is 14.4 Å². The second-order valence-corrected chi connectivity index (χ2v) is 8.10. The van der Waals surface area contributed by atoms with E-state index in [0.29, 0.717) is 11.1 Å². The number of hydrogen-bond acceptors (Lipinski definition) is 5. The maximum Gasteiger partial charge on any atom is 0.339 e. The van der Waals surface area contributed by atoms with Crippen molar-refractivity contribution in [2.45, 2.75) is 52.4 Å². The molecule has 0 bridgehead atoms. The van der Waals surface area contributed by atoms with Crippen molar-refractivity contribution in [1.29, 1.82) is 0 Å². The number of likely N-dealkylation sites (N-methyl/N-ethyl adjacent to an activating group) is 1. The summed E-state index contributed by atoms with van der Waals surface area (Å²) in [6.07, 6.45) is 4.42. The van der Waals surface area contributed by atoms with Gasteiger partial charge in [-0.05, 0) is 51.2 Å². The standard InChI is InChI=1S/C23H25NO6/c1-12-14(8-9-19(25)24(3)11-20(26)27)23(28)30-21-13(2)22-17(10-16(12)21)15-6-4-5-7-18(15)29-22/h10H,4-9,11H2,1-3H3,(H,26,27). The van der Waals surface area contributed by atoms with Gasteiger partial charge in [0.05, 0.1) is 0 Å². The number of carbonyl (C=O) groups is 2. The van der Waals surface area contributed by atoms with Crippen LogP contribution in [0.2, 0.25) is 0 Å². The van der Waals surface area contributed by atoms with E-state index >= 15 is 0 Å². The lowest BCUT2D eigenvalue weighted by Crippen LogP contribution is -2.32. The molecule has 1 aliphatic carbocycles. The minimum atomic E-state index is -1.07. The molecule has 0 fully saturated rings. The number of amides is 1. The molecule has 3 aromatic rings. The van der Waals surface area contributed by atoms with Gasteiger partial charge in [0.15, 0.2) is 0 Å². The van der Waals surface area contributed by atoms with Gasteiger partial charge in [-0.15, -0.1) is 0 Å². The predicted octanol–water partition coefficient (Wildman–Crippen LogP) is 3.51. The summed E-state index contributed by atoms with van der Waals surface area (Å²) >= 11 is 0. The van der Waals surface area contributed by atoms with Crippen molar-refractivity contribution >= 4 is 33.8 Å². The molecule has 158 valence electrons. The van der Waals surface area contributed by atoms with Gasteiger partial charge in [-0.25, -0.2) is 4.79 Å². The Morgan fingerprint density at radius 3 is 2.50 bits per heavy atom. The molecule has 0 spiro atoms. The summed E-state index contributed by atoms with van der Waals surface area (Å²) < 4.78 is 11.8. The number of carboxylic acids is 1. The summed E-state index contributed by atoms with van der Waals surface area (Å²) in [4.78, 5) is 36.8. The summed E-state index contributed by atoms with van der Waals surface area (Å²) in [5.74, 6) is -0.371. The topological polar surface area (TPSA) is 101 Å². The largest absolute Gasteiger partial charge is 0.480 e. The molecule has 7 heteroatoms. The number of benzene rings is 1. The number of rotatable bonds is 5. The summed E-state index contributed by atoms with van der Waals surface area (Å²) in [7, 11) is 1.44. The number of hydrogen-bond donors (Lipinski definition) is 1. The van der Waals surface area contributed by atoms with Crippen LogP contribution < -0.4 is 5.63 Å². The lowest BCUT2D eigenvalue weighted by Gasteiger charge is -2.15. The molecule has 0 unspecified atom stereocenters. The Morgan fingerprint density at radius 1 is 1.07 bits per heavy atom. The van der Waals surface area contributed by atoms with Gasteiger partial charge in [0.25, 0.3) is 0 Å². The molecular weight excluding hydrogens is 386 g/mol. The Kier molecular flexibility index (Phi) is 5.13. The number of nitrogens with zero attached hydrogens (tertiary/aromatic N) is 1. The average Bonchev–Trinajstić information content (AvgIpc) is 3.07. The number of carbonyl (C=O) groups excluding carboxylic acids is 1. The van der Waals surface area contributed by atoms with Gasteiger partial charge >= 0.3 is 11.6 Å². The third-order valence-electron chi connectivity index (χ3n) is 6.11. The first-order valence-corrected chi connectivity index (χ1v) is 10.2. The molecule has 1 aliphatic rings. The molecule has 0 radical (unpaired) electrons. The van der Waals surface area contributed by atoms with Crippen LogP contribution in [0.15, 0.2) is 19.7 Å². The molecule has 1 N–H and O–H groups in total. The maximum atomic E-state index is 12.7. The Labute approximate surface area is 173 Å². The highest BCUT2D eigenvalue weighted by atomic mass is 16.4. The third kappa shape index (κ3) is 3.38. The van der Waals surface area contributed by atoms with Gasteiger partial charge in [-0.2, -0.15) is 0 Å². The molecule has 0 atom stereocenters. The van der Waals surface area contributed by atoms with E-state index in [1.807, 2.05) is 19.9 Å². The number of carboxylic acid groups (broad SMARTS) is 1. The van der Waals surface area contributed by atoms with Crippen molar-refractivity contribution in [3.05, 3.63) is 44.5 Å². The smallest absolute Gasteiger partial charge is 0.339 e. The van der Waals surface area contributed by atoms with E-state index in [-0.39, 0.29) is 25.3 Å². The highest BCUT2D eigenvalue weighted by Gasteiger charge is 2.23. The molecule has 0 saturated carbocycles. The molecular formula is C23H25NO6. The minimum Gasteiger partial charge on any atom is -0.480 e. The fraction of sp³-hybridized carbons (Fsp3) is 0.435. The first-order chi connectivity index (χ1) is 14.3. The third-order valence-corrected chi connectivity index (χ3v) is 6.11. The molecule has 0 saturated heterocycles. The van der Waals surface area contributed by atoms with Crippen LogP contribution in [0, 0.1) is 13.8 Å². The number of aliphatic carboxylic acids is 1. The van der Waals surface area contributed by atoms with Crippen molar-refractivity contribution in [3.63, 3.8) is 0 Å². The monoisotopic (exact) mass is 411 g/mol. The zero-order valence-corrected chi connectivity index (χ0v) is 17.5. The van der Waals surface area contributed by atoms with Crippen LogP contribution >= 0.6 is 0 Å². The van der Waals surface area contributed by atoms with Crippen LogP contribution in [0.1, 0.15) is 47.3 Å². The van der Waals surface area contributed by atoms with E-state index in [2.05, 4.69) is 0 Å². The van der Waals surface area contributed by atoms with Crippen LogP contribution in [0.5, 0.6) is 0 Å². The fourth-order valence-electron chi connectivity index (χ4n) is 4.42. The quantitative estimate of drug-likeness (QED) is 0.645. The van der Waals surface area contributed by atoms with E-state index < -0.39 is 11.6 Å². The van der Waals surface area contributed by atoms with Gasteiger partial charge < -0.3 is 18.8 Å². The molecule has 2 aromatic heterocycles. The van der Waals surface area contributed by atoms with E-state index in [1.54, 1.807) is 0 Å². The Morgan fingerprint density at radius 2 is 1.77 bits per heavy atom. The summed E-state index contributed by atoms with van der Waals surface area (Å²) in [5, 5.41) is 10.8. The van der Waals surface area contributed by atoms with Crippen molar-refractivity contribution in [2.24, 2.45) is 0 Å². The number of aryl methyl sites for hydroxylation is 4. The summed E-state index contributed by atoms with van der Waals surface area (Å²) in [5.41, 5.74) is 4.16. The van der Waals surface area contributed by atoms with Crippen molar-refractivity contribution in [2.75, 3.05) is 13.6 Å². The Bertz CT molecular complexity index is 1230. The first kappa shape index (κ1) is 20.2. The summed E-state index contributed by atoms with van der Waals surface area (Å²) in [6, 6.07) is 2.05. The second kappa shape index (κ2) is 7.63. The molecule has 2 heterocycles. The Balaban J connectivity index is 1.75. The van der Waals surface area contributed by atoms with Crippen LogP contribution in [-0.4, -0.2) is 35.5 Å². The van der Waals surface area contributed by atoms with Gasteiger partial charge in [0.2, 0.25) is 5.91 Å². The zero-order chi connectivity index (χ0) is 21.6. The first-order valence-electron chi connectivity index (χ1n) is 10.2. The van der Waals surface area contributed by atoms with Crippen molar-refractivity contribution in [3.8, 4) is 0 Å². The molecule has 1 amide bonds. The highest BCUT2D eigenvalue weighted by molar-refractivity contribution is 6.00. The normalized spacial score (nSPS) is 13.6. The lowest BCUT2D eigenvalue weighted by atomic mass is 9.93. The van der Waals surface area contributed by atoms with Crippen LogP contribution in [-0.2, 0) is 28.9 Å². The average molecular weight is 411 g/mol. The molecule has 4 rings (SSSR count). The van der Waals surface area contributed by atoms with E-state index in [0.717, 1.165) is 63.8 Å².